The van der Waals surface area contributed by atoms with Gasteiger partial charge < -0.3 is 20.1 Å². The van der Waals surface area contributed by atoms with E-state index < -0.39 is 11.9 Å². The van der Waals surface area contributed by atoms with Crippen LogP contribution in [0.25, 0.3) is 32.2 Å². The normalized spacial score (nSPS) is 16.5. The Hall–Kier alpha value is -7.50. The number of carbonyl (C=O) groups excluding carboxylic acids is 4. The summed E-state index contributed by atoms with van der Waals surface area (Å²) >= 11 is 1.43. The molecule has 2 fully saturated rings. The van der Waals surface area contributed by atoms with Gasteiger partial charge in [0.05, 0.1) is 46.2 Å². The fourth-order valence-corrected chi connectivity index (χ4v) is 11.1. The Bertz CT molecular complexity index is 3160. The SMILES string of the molecule is Cc1c(OCCCC2CCN(CC(=O)Nc3cccc4c(C5CCC(=O)NC5=O)nn(C)c34)CC2)cccc1-c1ccc(N2CCc3cccc(C(=O)Nc4nc5ccccc5s4)c3C2)nc1C(=O)O. The van der Waals surface area contributed by atoms with Crippen molar-refractivity contribution in [3.8, 4) is 16.9 Å². The molecule has 3 aliphatic heterocycles. The lowest BCUT2D eigenvalue weighted by Gasteiger charge is -2.31. The van der Waals surface area contributed by atoms with Gasteiger partial charge in [-0.25, -0.2) is 14.8 Å². The highest BCUT2D eigenvalue weighted by molar-refractivity contribution is 7.22. The number of aromatic carboxylic acids is 1. The first-order valence-corrected chi connectivity index (χ1v) is 24.6. The number of thiazole rings is 1. The summed E-state index contributed by atoms with van der Waals surface area (Å²) in [5, 5.41) is 24.9. The van der Waals surface area contributed by atoms with Crippen LogP contribution in [0, 0.1) is 12.8 Å². The lowest BCUT2D eigenvalue weighted by Crippen LogP contribution is -2.39. The van der Waals surface area contributed by atoms with Crippen LogP contribution in [0.2, 0.25) is 0 Å². The van der Waals surface area contributed by atoms with Gasteiger partial charge in [0, 0.05) is 43.1 Å². The van der Waals surface area contributed by atoms with E-state index in [2.05, 4.69) is 30.9 Å². The molecule has 6 heterocycles. The van der Waals surface area contributed by atoms with E-state index in [0.717, 1.165) is 82.1 Å². The monoisotopic (exact) mass is 959 g/mol. The number of rotatable bonds is 14. The number of imide groups is 1. The second-order valence-corrected chi connectivity index (χ2v) is 19.4. The molecule has 70 heavy (non-hydrogen) atoms. The molecule has 17 heteroatoms. The predicted molar refractivity (Wildman–Crippen MR) is 268 cm³/mol. The number of nitrogens with zero attached hydrogens (tertiary/aromatic N) is 6. The number of benzene rings is 4. The van der Waals surface area contributed by atoms with E-state index in [1.165, 1.54) is 11.3 Å². The summed E-state index contributed by atoms with van der Waals surface area (Å²) < 4.78 is 9.00. The number of pyridine rings is 1. The van der Waals surface area contributed by atoms with Crippen LogP contribution < -0.4 is 25.6 Å². The van der Waals surface area contributed by atoms with Crippen molar-refractivity contribution in [2.45, 2.75) is 64.3 Å². The van der Waals surface area contributed by atoms with Crippen molar-refractivity contribution in [1.82, 2.24) is 30.0 Å². The molecule has 16 nitrogen and oxygen atoms in total. The van der Waals surface area contributed by atoms with Gasteiger partial charge in [0.15, 0.2) is 10.8 Å². The Morgan fingerprint density at radius 1 is 0.871 bits per heavy atom. The number of carbonyl (C=O) groups is 5. The van der Waals surface area contributed by atoms with Crippen molar-refractivity contribution in [3.05, 3.63) is 125 Å². The lowest BCUT2D eigenvalue weighted by atomic mass is 9.92. The van der Waals surface area contributed by atoms with Crippen LogP contribution in [0.4, 0.5) is 16.6 Å². The van der Waals surface area contributed by atoms with E-state index in [1.54, 1.807) is 11.7 Å². The van der Waals surface area contributed by atoms with Crippen LogP contribution in [0.1, 0.15) is 87.7 Å². The van der Waals surface area contributed by atoms with Gasteiger partial charge in [-0.15, -0.1) is 0 Å². The molecule has 0 aliphatic carbocycles. The van der Waals surface area contributed by atoms with Gasteiger partial charge in [0.2, 0.25) is 17.7 Å². The summed E-state index contributed by atoms with van der Waals surface area (Å²) in [5.41, 5.74) is 7.30. The predicted octanol–water partition coefficient (Wildman–Crippen LogP) is 8.10. The van der Waals surface area contributed by atoms with Crippen LogP contribution in [0.5, 0.6) is 5.75 Å². The van der Waals surface area contributed by atoms with E-state index in [1.807, 2.05) is 103 Å². The van der Waals surface area contributed by atoms with Crippen molar-refractivity contribution < 1.29 is 33.8 Å². The number of para-hydroxylation sites is 2. The molecule has 1 unspecified atom stereocenters. The highest BCUT2D eigenvalue weighted by Crippen LogP contribution is 2.36. The number of aryl methyl sites for hydroxylation is 1. The van der Waals surface area contributed by atoms with E-state index >= 15 is 0 Å². The molecule has 3 aromatic heterocycles. The standard InChI is InChI=1S/C53H53N9O7S/c1-31-34(35-18-20-44(56-48(35)52(67)68)62-27-24-33-10-5-12-36(39(33)29-62)50(65)58-53-55-40-14-3-4-17-43(40)70-53)11-7-16-42(31)69-28-8-9-32-22-25-61(26-23-32)30-46(64)54-41-15-6-13-37-47(59-60(2)49(37)41)38-19-21-45(63)57-51(38)66/h3-7,10-18,20,32,38H,8-9,19,21-30H2,1-2H3,(H,54,64)(H,67,68)(H,55,58,65)(H,57,63,66). The molecule has 10 rings (SSSR count). The van der Waals surface area contributed by atoms with Crippen molar-refractivity contribution >= 4 is 78.7 Å². The van der Waals surface area contributed by atoms with Crippen molar-refractivity contribution in [3.63, 3.8) is 0 Å². The molecule has 4 aromatic carbocycles. The van der Waals surface area contributed by atoms with Gasteiger partial charge in [-0.3, -0.25) is 39.4 Å². The first kappa shape index (κ1) is 46.2. The Kier molecular flexibility index (Phi) is 13.1. The highest BCUT2D eigenvalue weighted by Gasteiger charge is 2.33. The molecule has 7 aromatic rings. The molecule has 4 amide bonds. The summed E-state index contributed by atoms with van der Waals surface area (Å²) in [5.74, 6) is -0.918. The Labute approximate surface area is 408 Å². The molecule has 4 N–H and O–H groups in total. The van der Waals surface area contributed by atoms with E-state index in [9.17, 15) is 29.1 Å². The average Bonchev–Trinajstić information content (AvgIpc) is 3.93. The van der Waals surface area contributed by atoms with Crippen molar-refractivity contribution in [1.29, 1.82) is 0 Å². The summed E-state index contributed by atoms with van der Waals surface area (Å²) in [7, 11) is 1.79. The Balaban J connectivity index is 0.719. The number of fused-ring (bicyclic) bond motifs is 3. The number of hydrogen-bond donors (Lipinski definition) is 4. The summed E-state index contributed by atoms with van der Waals surface area (Å²) in [4.78, 5) is 77.6. The number of nitrogens with one attached hydrogen (secondary N) is 3. The average molecular weight is 960 g/mol. The molecule has 0 saturated carbocycles. The smallest absolute Gasteiger partial charge is 0.355 e. The quantitative estimate of drug-likeness (QED) is 0.0604. The number of likely N-dealkylation sites (tertiary alicyclic amines) is 1. The van der Waals surface area contributed by atoms with Crippen LogP contribution in [-0.2, 0) is 34.4 Å². The van der Waals surface area contributed by atoms with Crippen molar-refractivity contribution in [2.75, 3.05) is 48.3 Å². The fourth-order valence-electron chi connectivity index (χ4n) is 10.2. The number of ether oxygens (including phenoxy) is 1. The largest absolute Gasteiger partial charge is 0.493 e. The number of anilines is 3. The van der Waals surface area contributed by atoms with Crippen molar-refractivity contribution in [2.24, 2.45) is 13.0 Å². The second-order valence-electron chi connectivity index (χ2n) is 18.3. The molecule has 0 radical (unpaired) electrons. The third-order valence-electron chi connectivity index (χ3n) is 13.8. The molecule has 3 aliphatic rings. The fraction of sp³-hybridized carbons (Fsp3) is 0.321. The summed E-state index contributed by atoms with van der Waals surface area (Å²) in [6, 6.07) is 28.4. The molecular weight excluding hydrogens is 907 g/mol. The zero-order chi connectivity index (χ0) is 48.5. The number of carboxylic acids is 1. The third-order valence-corrected chi connectivity index (χ3v) is 14.8. The molecule has 2 saturated heterocycles. The minimum atomic E-state index is -1.13. The number of aromatic nitrogens is 4. The molecule has 1 atom stereocenters. The summed E-state index contributed by atoms with van der Waals surface area (Å²) in [6.45, 7) is 5.34. The van der Waals surface area contributed by atoms with Gasteiger partial charge in [-0.2, -0.15) is 5.10 Å². The number of piperidine rings is 2. The van der Waals surface area contributed by atoms with Gasteiger partial charge >= 0.3 is 5.97 Å². The number of amides is 4. The first-order chi connectivity index (χ1) is 34.0. The maximum absolute atomic E-state index is 13.6. The third kappa shape index (κ3) is 9.58. The van der Waals surface area contributed by atoms with E-state index in [4.69, 9.17) is 9.72 Å². The zero-order valence-electron chi connectivity index (χ0n) is 39.0. The minimum absolute atomic E-state index is 0.0550. The number of hydrogen-bond acceptors (Lipinski definition) is 12. The Morgan fingerprint density at radius 3 is 2.50 bits per heavy atom. The molecule has 358 valence electrons. The molecular formula is C53H53N9O7S. The van der Waals surface area contributed by atoms with Crippen LogP contribution >= 0.6 is 11.3 Å². The van der Waals surface area contributed by atoms with Gasteiger partial charge in [0.1, 0.15) is 11.6 Å². The highest BCUT2D eigenvalue weighted by atomic mass is 32.1. The second kappa shape index (κ2) is 19.8. The Morgan fingerprint density at radius 2 is 1.69 bits per heavy atom. The molecule has 0 bridgehead atoms. The lowest BCUT2D eigenvalue weighted by molar-refractivity contribution is -0.134. The minimum Gasteiger partial charge on any atom is -0.493 e. The van der Waals surface area contributed by atoms with Crippen LogP contribution in [0.3, 0.4) is 0 Å². The first-order valence-electron chi connectivity index (χ1n) is 23.8. The maximum atomic E-state index is 13.6. The van der Waals surface area contributed by atoms with Crippen LogP contribution in [0.15, 0.2) is 91.0 Å². The van der Waals surface area contributed by atoms with Gasteiger partial charge in [-0.05, 0) is 129 Å². The summed E-state index contributed by atoms with van der Waals surface area (Å²) in [6.07, 6.45) is 5.11. The zero-order valence-corrected chi connectivity index (χ0v) is 39.8. The van der Waals surface area contributed by atoms with E-state index in [-0.39, 0.29) is 42.3 Å². The van der Waals surface area contributed by atoms with Crippen LogP contribution in [-0.4, -0.2) is 92.1 Å². The maximum Gasteiger partial charge on any atom is 0.355 e. The van der Waals surface area contributed by atoms with Gasteiger partial charge in [-0.1, -0.05) is 59.9 Å². The molecule has 0 spiro atoms. The number of carboxylic acid groups (broad SMARTS) is 1. The van der Waals surface area contributed by atoms with E-state index in [0.29, 0.717) is 77.7 Å². The topological polar surface area (TPSA) is 201 Å². The van der Waals surface area contributed by atoms with Gasteiger partial charge in [0.25, 0.3) is 5.91 Å².